The lowest BCUT2D eigenvalue weighted by Gasteiger charge is -2.27. The van der Waals surface area contributed by atoms with Gasteiger partial charge >= 0.3 is 6.03 Å². The van der Waals surface area contributed by atoms with E-state index in [1.807, 2.05) is 26.0 Å². The van der Waals surface area contributed by atoms with Gasteiger partial charge in [0.2, 0.25) is 0 Å². The van der Waals surface area contributed by atoms with Crippen molar-refractivity contribution in [1.29, 1.82) is 5.26 Å². The summed E-state index contributed by atoms with van der Waals surface area (Å²) < 4.78 is 0. The summed E-state index contributed by atoms with van der Waals surface area (Å²) in [6, 6.07) is 12.7. The Labute approximate surface area is 174 Å². The number of H-pyrrole nitrogens is 1. The molecule has 1 fully saturated rings. The smallest absolute Gasteiger partial charge is 0.332 e. The van der Waals surface area contributed by atoms with Crippen molar-refractivity contribution in [3.8, 4) is 6.07 Å². The molecule has 1 aliphatic rings. The molecular formula is C23H23N5O2. The Morgan fingerprint density at radius 2 is 1.83 bits per heavy atom. The fraction of sp³-hybridized carbons (Fsp3) is 0.304. The Morgan fingerprint density at radius 1 is 1.13 bits per heavy atom. The van der Waals surface area contributed by atoms with E-state index in [-0.39, 0.29) is 11.9 Å². The average Bonchev–Trinajstić information content (AvgIpc) is 3.27. The quantitative estimate of drug-likeness (QED) is 0.666. The Balaban J connectivity index is 1.67. The summed E-state index contributed by atoms with van der Waals surface area (Å²) in [5.41, 5.74) is 1.36. The lowest BCUT2D eigenvalue weighted by atomic mass is 9.86. The molecule has 3 aromatic rings. The first-order chi connectivity index (χ1) is 14.2. The Bertz CT molecular complexity index is 1180. The maximum absolute atomic E-state index is 13.3. The summed E-state index contributed by atoms with van der Waals surface area (Å²) in [5.74, 6) is -0.279. The number of carbonyl (C=O) groups is 2. The normalized spacial score (nSPS) is 16.4. The van der Waals surface area contributed by atoms with Gasteiger partial charge in [0, 0.05) is 24.3 Å². The van der Waals surface area contributed by atoms with Gasteiger partial charge in [-0.15, -0.1) is 0 Å². The molecule has 1 saturated heterocycles. The van der Waals surface area contributed by atoms with E-state index in [1.54, 1.807) is 55.4 Å². The molecule has 0 unspecified atom stereocenters. The summed E-state index contributed by atoms with van der Waals surface area (Å²) in [6.07, 6.45) is 3.50. The standard InChI is InChI=1S/C23H23N5O2/c1-22(2,14-24)16-5-7-17(8-6-16)28-20(29)23(3,4)27(21(28)30)13-15-9-11-25-19-18(15)10-12-26-19/h5-12H,13H2,1-4H3,(H,25,26). The van der Waals surface area contributed by atoms with Crippen LogP contribution in [0.4, 0.5) is 10.5 Å². The summed E-state index contributed by atoms with van der Waals surface area (Å²) >= 11 is 0. The molecule has 152 valence electrons. The molecule has 7 heteroatoms. The van der Waals surface area contributed by atoms with E-state index in [0.717, 1.165) is 22.2 Å². The number of anilines is 1. The minimum absolute atomic E-state index is 0.279. The third-order valence-corrected chi connectivity index (χ3v) is 5.83. The van der Waals surface area contributed by atoms with Gasteiger partial charge in [-0.05, 0) is 63.1 Å². The molecule has 0 atom stereocenters. The van der Waals surface area contributed by atoms with Crippen LogP contribution in [0.15, 0.2) is 48.8 Å². The van der Waals surface area contributed by atoms with E-state index in [9.17, 15) is 14.9 Å². The third-order valence-electron chi connectivity index (χ3n) is 5.83. The second-order valence-electron chi connectivity index (χ2n) is 8.56. The van der Waals surface area contributed by atoms with Crippen LogP contribution in [0.1, 0.15) is 38.8 Å². The van der Waals surface area contributed by atoms with E-state index in [4.69, 9.17) is 0 Å². The zero-order valence-corrected chi connectivity index (χ0v) is 17.4. The van der Waals surface area contributed by atoms with Gasteiger partial charge in [-0.3, -0.25) is 4.79 Å². The SMILES string of the molecule is CC(C)(C#N)c1ccc(N2C(=O)N(Cc3ccnc4[nH]ccc34)C(C)(C)C2=O)cc1. The molecule has 7 nitrogen and oxygen atoms in total. The number of aromatic amines is 1. The van der Waals surface area contributed by atoms with Crippen LogP contribution in [0.5, 0.6) is 0 Å². The molecule has 30 heavy (non-hydrogen) atoms. The number of aromatic nitrogens is 2. The molecule has 3 heterocycles. The van der Waals surface area contributed by atoms with Crippen LogP contribution >= 0.6 is 0 Å². The van der Waals surface area contributed by atoms with E-state index < -0.39 is 11.0 Å². The van der Waals surface area contributed by atoms with E-state index in [2.05, 4.69) is 16.0 Å². The zero-order valence-electron chi connectivity index (χ0n) is 17.4. The number of fused-ring (bicyclic) bond motifs is 1. The van der Waals surface area contributed by atoms with Gasteiger partial charge in [0.25, 0.3) is 5.91 Å². The van der Waals surface area contributed by atoms with Crippen molar-refractivity contribution < 1.29 is 9.59 Å². The lowest BCUT2D eigenvalue weighted by molar-refractivity contribution is -0.123. The van der Waals surface area contributed by atoms with Crippen molar-refractivity contribution >= 4 is 28.7 Å². The van der Waals surface area contributed by atoms with Gasteiger partial charge in [0.1, 0.15) is 11.2 Å². The van der Waals surface area contributed by atoms with Crippen LogP contribution in [-0.4, -0.2) is 32.3 Å². The molecule has 0 spiro atoms. The highest BCUT2D eigenvalue weighted by molar-refractivity contribution is 6.23. The maximum atomic E-state index is 13.3. The van der Waals surface area contributed by atoms with Gasteiger partial charge < -0.3 is 9.88 Å². The molecule has 1 N–H and O–H groups in total. The van der Waals surface area contributed by atoms with E-state index >= 15 is 0 Å². The average molecular weight is 401 g/mol. The van der Waals surface area contributed by atoms with Crippen molar-refractivity contribution in [3.63, 3.8) is 0 Å². The van der Waals surface area contributed by atoms with Crippen LogP contribution in [0.3, 0.4) is 0 Å². The summed E-state index contributed by atoms with van der Waals surface area (Å²) in [5, 5.41) is 10.3. The van der Waals surface area contributed by atoms with E-state index in [0.29, 0.717) is 12.2 Å². The number of imide groups is 1. The van der Waals surface area contributed by atoms with Crippen LogP contribution in [0.25, 0.3) is 11.0 Å². The monoisotopic (exact) mass is 401 g/mol. The number of urea groups is 1. The number of nitriles is 1. The summed E-state index contributed by atoms with van der Waals surface area (Å²) in [6.45, 7) is 7.47. The third kappa shape index (κ3) is 2.92. The van der Waals surface area contributed by atoms with E-state index in [1.165, 1.54) is 4.90 Å². The van der Waals surface area contributed by atoms with Gasteiger partial charge in [0.15, 0.2) is 0 Å². The molecule has 0 aliphatic carbocycles. The summed E-state index contributed by atoms with van der Waals surface area (Å²) in [7, 11) is 0. The predicted molar refractivity (Wildman–Crippen MR) is 114 cm³/mol. The molecule has 1 aliphatic heterocycles. The second-order valence-corrected chi connectivity index (χ2v) is 8.56. The van der Waals surface area contributed by atoms with Crippen LogP contribution in [0.2, 0.25) is 0 Å². The first-order valence-corrected chi connectivity index (χ1v) is 9.76. The number of pyridine rings is 1. The Morgan fingerprint density at radius 3 is 2.50 bits per heavy atom. The number of rotatable bonds is 4. The molecule has 3 amide bonds. The number of hydrogen-bond acceptors (Lipinski definition) is 4. The minimum atomic E-state index is -0.992. The predicted octanol–water partition coefficient (Wildman–Crippen LogP) is 4.11. The van der Waals surface area contributed by atoms with Gasteiger partial charge in [0.05, 0.1) is 17.2 Å². The molecule has 1 aromatic carbocycles. The number of nitrogens with one attached hydrogen (secondary N) is 1. The molecule has 4 rings (SSSR count). The zero-order chi connectivity index (χ0) is 21.7. The lowest BCUT2D eigenvalue weighted by Crippen LogP contribution is -2.43. The molecule has 0 saturated carbocycles. The first kappa shape index (κ1) is 19.6. The van der Waals surface area contributed by atoms with Crippen LogP contribution in [0, 0.1) is 11.3 Å². The van der Waals surface area contributed by atoms with Gasteiger partial charge in [-0.25, -0.2) is 14.7 Å². The van der Waals surface area contributed by atoms with Crippen LogP contribution < -0.4 is 4.90 Å². The van der Waals surface area contributed by atoms with Crippen molar-refractivity contribution in [2.24, 2.45) is 0 Å². The fourth-order valence-electron chi connectivity index (χ4n) is 3.75. The highest BCUT2D eigenvalue weighted by atomic mass is 16.2. The second kappa shape index (κ2) is 6.70. The van der Waals surface area contributed by atoms with Gasteiger partial charge in [-0.2, -0.15) is 5.26 Å². The fourth-order valence-corrected chi connectivity index (χ4v) is 3.75. The first-order valence-electron chi connectivity index (χ1n) is 9.76. The van der Waals surface area contributed by atoms with Crippen molar-refractivity contribution in [2.45, 2.75) is 45.2 Å². The number of hydrogen-bond donors (Lipinski definition) is 1. The van der Waals surface area contributed by atoms with Crippen molar-refractivity contribution in [1.82, 2.24) is 14.9 Å². The largest absolute Gasteiger partial charge is 0.346 e. The summed E-state index contributed by atoms with van der Waals surface area (Å²) in [4.78, 5) is 36.6. The molecule has 0 radical (unpaired) electrons. The Hall–Kier alpha value is -3.66. The molecule has 0 bridgehead atoms. The van der Waals surface area contributed by atoms with Gasteiger partial charge in [-0.1, -0.05) is 12.1 Å². The number of nitrogens with zero attached hydrogens (tertiary/aromatic N) is 4. The molecular weight excluding hydrogens is 378 g/mol. The number of benzene rings is 1. The highest BCUT2D eigenvalue weighted by Gasteiger charge is 2.51. The molecule has 2 aromatic heterocycles. The van der Waals surface area contributed by atoms with Crippen LogP contribution in [-0.2, 0) is 16.8 Å². The number of carbonyl (C=O) groups excluding carboxylic acids is 2. The topological polar surface area (TPSA) is 93.1 Å². The van der Waals surface area contributed by atoms with Crippen molar-refractivity contribution in [3.05, 3.63) is 59.9 Å². The minimum Gasteiger partial charge on any atom is -0.346 e. The highest BCUT2D eigenvalue weighted by Crippen LogP contribution is 2.35. The number of amides is 3. The Kier molecular flexibility index (Phi) is 4.39. The maximum Gasteiger partial charge on any atom is 0.332 e. The van der Waals surface area contributed by atoms with Crippen molar-refractivity contribution in [2.75, 3.05) is 4.90 Å².